The molecule has 9 rings (SSSR count). The summed E-state index contributed by atoms with van der Waals surface area (Å²) in [5.41, 5.74) is 4.45. The van der Waals surface area contributed by atoms with E-state index in [2.05, 4.69) is 164 Å². The Morgan fingerprint density at radius 2 is 0.551 bits per heavy atom. The van der Waals surface area contributed by atoms with Crippen LogP contribution in [0, 0.1) is 30.7 Å². The van der Waals surface area contributed by atoms with Gasteiger partial charge in [0.2, 0.25) is 0 Å². The van der Waals surface area contributed by atoms with Crippen LogP contribution in [0.4, 0.5) is 0 Å². The van der Waals surface area contributed by atoms with Crippen molar-refractivity contribution < 1.29 is 2.97 Å². The summed E-state index contributed by atoms with van der Waals surface area (Å²) >= 11 is 19.7. The first kappa shape index (κ1) is 104. The van der Waals surface area contributed by atoms with Gasteiger partial charge in [-0.25, -0.2) is 19.9 Å². The zero-order valence-electron chi connectivity index (χ0n) is 81.0. The third kappa shape index (κ3) is 49.1. The maximum absolute atomic E-state index is 5.88. The van der Waals surface area contributed by atoms with Crippen molar-refractivity contribution in [3.05, 3.63) is 86.2 Å². The summed E-state index contributed by atoms with van der Waals surface area (Å²) in [4.78, 5) is 28.4. The van der Waals surface area contributed by atoms with Gasteiger partial charge in [0.1, 0.15) is 10.6 Å². The van der Waals surface area contributed by atoms with Gasteiger partial charge in [0.25, 0.3) is 0 Å². The van der Waals surface area contributed by atoms with E-state index in [1.54, 1.807) is 37.3 Å². The summed E-state index contributed by atoms with van der Waals surface area (Å²) in [6.07, 6.45) is 89.6. The minimum absolute atomic E-state index is 0. The molecule has 3 radical (unpaired) electrons. The van der Waals surface area contributed by atoms with Crippen LogP contribution in [0.1, 0.15) is 457 Å². The molecule has 7 aromatic heterocycles. The third-order valence-electron chi connectivity index (χ3n) is 24.0. The predicted octanol–water partition coefficient (Wildman–Crippen LogP) is 39.2. The van der Waals surface area contributed by atoms with Gasteiger partial charge in [-0.2, -0.15) is 0 Å². The molecule has 9 aromatic rings. The first-order valence-corrected chi connectivity index (χ1v) is 55.9. The van der Waals surface area contributed by atoms with E-state index in [0.29, 0.717) is 32.0 Å². The molecule has 7 heterocycles. The Kier molecular flexibility index (Phi) is 64.0. The van der Waals surface area contributed by atoms with Gasteiger partial charge in [0.15, 0.2) is 6.03 Å². The molecule has 0 saturated heterocycles. The van der Waals surface area contributed by atoms with E-state index in [4.69, 9.17) is 16.8 Å². The quantitative estimate of drug-likeness (QED) is 0.0217. The molecule has 4 nitrogen and oxygen atoms in total. The second kappa shape index (κ2) is 73.0. The molecule has 118 heavy (non-hydrogen) atoms. The van der Waals surface area contributed by atoms with E-state index in [1.165, 1.54) is 472 Å². The van der Waals surface area contributed by atoms with Crippen LogP contribution in [0.2, 0.25) is 0 Å². The second-order valence-electron chi connectivity index (χ2n) is 34.5. The third-order valence-corrected chi connectivity index (χ3v) is 33.1. The Balaban J connectivity index is 0.000000782. The topological polar surface area (TPSA) is 51.6 Å². The van der Waals surface area contributed by atoms with Gasteiger partial charge in [0.05, 0.1) is 59.0 Å². The number of rotatable bonds is 68. The maximum atomic E-state index is 5.88. The average Bonchev–Trinajstić information content (AvgIpc) is 1.67. The Labute approximate surface area is 823 Å². The van der Waals surface area contributed by atoms with E-state index >= 15 is 0 Å². The van der Waals surface area contributed by atoms with Crippen molar-refractivity contribution in [3.63, 3.8) is 0 Å². The summed E-state index contributed by atoms with van der Waals surface area (Å²) in [7, 11) is 0.500. The summed E-state index contributed by atoms with van der Waals surface area (Å²) < 4.78 is 40.3. The Bertz CT molecular complexity index is 3550. The van der Waals surface area contributed by atoms with Crippen LogP contribution in [-0.4, -0.2) is 55.8 Å². The van der Waals surface area contributed by atoms with Crippen molar-refractivity contribution in [3.8, 4) is 19.8 Å². The number of aryl methyl sites for hydroxylation is 1. The van der Waals surface area contributed by atoms with Crippen LogP contribution in [0.15, 0.2) is 60.7 Å². The van der Waals surface area contributed by atoms with Crippen LogP contribution in [-0.2, 0) is 19.3 Å². The molecule has 0 fully saturated rings. The molecule has 2 aromatic carbocycles. The van der Waals surface area contributed by atoms with Gasteiger partial charge in [-0.1, -0.05) is 434 Å². The van der Waals surface area contributed by atoms with Crippen molar-refractivity contribution in [2.24, 2.45) is 17.8 Å². The summed E-state index contributed by atoms with van der Waals surface area (Å²) in [6, 6.07) is 23.2. The number of nitrogens with zero attached hydrogens (tertiary/aromatic N) is 4. The molecule has 0 amide bonds. The number of unbranched alkanes of at least 4 members (excludes halogenated alkanes) is 48. The molecular formula is C102H171BI3N4S7Sn. The van der Waals surface area contributed by atoms with Gasteiger partial charge in [-0.05, 0) is 152 Å². The molecule has 0 bridgehead atoms. The molecule has 3 atom stereocenters. The Morgan fingerprint density at radius 3 is 0.780 bits per heavy atom. The summed E-state index contributed by atoms with van der Waals surface area (Å²) in [5, 5.41) is 2.36. The van der Waals surface area contributed by atoms with Gasteiger partial charge >= 0.3 is 24.3 Å². The van der Waals surface area contributed by atoms with E-state index in [-0.39, 0.29) is 7.43 Å². The number of halogens is 3. The molecule has 669 valence electrons. The van der Waals surface area contributed by atoms with Crippen LogP contribution < -0.4 is 0 Å². The summed E-state index contributed by atoms with van der Waals surface area (Å²) in [6.45, 7) is 16.2. The van der Waals surface area contributed by atoms with Crippen molar-refractivity contribution in [2.75, 3.05) is 0 Å². The van der Waals surface area contributed by atoms with Crippen LogP contribution in [0.3, 0.4) is 0 Å². The molecule has 0 N–H and O–H groups in total. The molecule has 0 spiro atoms. The zero-order valence-corrected chi connectivity index (χ0v) is 90.5. The molecule has 0 aliphatic heterocycles. The number of benzene rings is 2. The number of hydrogen-bond acceptors (Lipinski definition) is 11. The van der Waals surface area contributed by atoms with Gasteiger partial charge < -0.3 is 0 Å². The predicted molar refractivity (Wildman–Crippen MR) is 581 cm³/mol. The number of thiazole rings is 4. The molecule has 0 aliphatic carbocycles. The van der Waals surface area contributed by atoms with Crippen molar-refractivity contribution in [1.82, 2.24) is 19.9 Å². The first-order valence-electron chi connectivity index (χ1n) is 51.2. The Hall–Kier alpha value is 0.154. The average molecular weight is 2200 g/mol. The van der Waals surface area contributed by atoms with Gasteiger partial charge in [-0.15, -0.1) is 103 Å². The molecule has 0 saturated carbocycles. The standard InChI is InChI=1S/C64H104N2S4.C29H54S.C8H2I2N2S2.CH4.BH2.HI.Sn.H2.2H/c1-5-9-13-17-21-25-27-31-35-39-43-53(41-37-33-29-23-19-15-11-7-3)49-55-45-47-59(67-55)63-65-57-51-62-58(52-61(57)69-63)66-64(70-62)60-48-46-56(68-60)50-54(42-38-34-30-24-20-16-12-8-4)44-40-36-32-28-26-22-18-14-10-6-2;1-4-6-8-10-12-14-15-17-19-21-23-28(26-29-25-24-27(3)30-29)22-20-18-16-13-11-9-7-5-2;9-7-11-3-1-5-4(2-6(3)14-7)12-8(10)13-5;;;;;;;/h45-48,51-54H,5-44,49-50H2,1-4H3;24-25,28H,4-23,26H2,1-3H3;1-2H;1H4;1H2;1H;;1H;;/i;;;;1TD;;;1+2D;1+2;/hD. The molecule has 3 unspecified atom stereocenters. The minimum atomic E-state index is 0. The monoisotopic (exact) mass is 2200 g/mol. The normalized spacial score (nSPS) is 12.5. The summed E-state index contributed by atoms with van der Waals surface area (Å²) in [5.74, 6) is 2.56. The molecular weight excluding hydrogens is 2020 g/mol. The van der Waals surface area contributed by atoms with E-state index < -0.39 is 0 Å². The fourth-order valence-electron chi connectivity index (χ4n) is 17.0. The SMILES string of the molecule is C.CCCCCCCCCCCCC(CCCCCCCCCC)Cc1ccc(-c2nc3cc4sc(-c5ccc(CC(CCCCCCCCCC)CCCCCCCCCCCC)s5)nc4cc3s2)s1.CCCCCCCCCCCCC(CCCCCCCCCC)Cc1ccc(C)s1.Ic1nc2cc3sc(I)nc3cc2s1.[2H]I.[2H][3H].[2H][B][3H].[3H][SnH]. The fourth-order valence-corrected chi connectivity index (χ4v) is 25.7. The Morgan fingerprint density at radius 1 is 0.347 bits per heavy atom. The number of thiophene rings is 3. The number of fused-ring (bicyclic) bond motifs is 4. The van der Waals surface area contributed by atoms with Crippen LogP contribution in [0.5, 0.6) is 0 Å². The van der Waals surface area contributed by atoms with Gasteiger partial charge in [-0.3, -0.25) is 0 Å². The van der Waals surface area contributed by atoms with Crippen molar-refractivity contribution in [2.45, 2.75) is 460 Å². The first-order chi connectivity index (χ1) is 60.5. The molecule has 0 aliphatic rings. The van der Waals surface area contributed by atoms with E-state index in [1.807, 2.05) is 56.7 Å². The van der Waals surface area contributed by atoms with Crippen LogP contribution >= 0.6 is 148 Å². The number of hydrogen-bond donors (Lipinski definition) is 0. The van der Waals surface area contributed by atoms with E-state index in [0.717, 1.165) is 45.8 Å². The van der Waals surface area contributed by atoms with Crippen LogP contribution in [0.25, 0.3) is 60.6 Å². The van der Waals surface area contributed by atoms with E-state index in [9.17, 15) is 0 Å². The zero-order chi connectivity index (χ0) is 89.2. The van der Waals surface area contributed by atoms with Crippen molar-refractivity contribution >= 4 is 221 Å². The molecule has 16 heteroatoms. The van der Waals surface area contributed by atoms with Crippen molar-refractivity contribution in [1.29, 1.82) is 3.86 Å². The fraction of sp³-hybridized carbons (Fsp3) is 0.725. The van der Waals surface area contributed by atoms with Gasteiger partial charge in [0, 0.05) is 22.5 Å². The number of aromatic nitrogens is 4. The second-order valence-corrected chi connectivity index (χ2v) is 45.8.